The van der Waals surface area contributed by atoms with Crippen molar-refractivity contribution in [2.45, 2.75) is 39.0 Å². The lowest BCUT2D eigenvalue weighted by Gasteiger charge is -2.36. The number of nitrogens with one attached hydrogen (secondary N) is 1. The molecule has 0 saturated carbocycles. The number of aromatic nitrogens is 1. The summed E-state index contributed by atoms with van der Waals surface area (Å²) >= 11 is 0. The number of aliphatic imine (C=N–C) groups is 1. The van der Waals surface area contributed by atoms with Crippen LogP contribution in [0.1, 0.15) is 31.0 Å². The van der Waals surface area contributed by atoms with Crippen molar-refractivity contribution in [3.63, 3.8) is 0 Å². The second-order valence-electron chi connectivity index (χ2n) is 8.43. The van der Waals surface area contributed by atoms with E-state index in [0.717, 1.165) is 56.5 Å². The minimum atomic E-state index is -0.267. The van der Waals surface area contributed by atoms with E-state index in [2.05, 4.69) is 27.2 Å². The summed E-state index contributed by atoms with van der Waals surface area (Å²) in [5, 5.41) is 17.0. The number of halogens is 1. The standard InChI is InChI=1S/C23H33FN6O2/c1-2-25-23(30-12-10-28(11-13-30)17-19-7-14-32-27-19)26-16-18-3-4-22(21(24)15-18)29-8-5-20(31)6-9-29/h3-4,7,14-15,20,31H,2,5-6,8-13,16-17H2,1H3,(H,25,26). The van der Waals surface area contributed by atoms with Gasteiger partial charge in [-0.1, -0.05) is 11.2 Å². The summed E-state index contributed by atoms with van der Waals surface area (Å²) in [6.07, 6.45) is 2.71. The molecule has 3 heterocycles. The van der Waals surface area contributed by atoms with Gasteiger partial charge in [0.25, 0.3) is 0 Å². The van der Waals surface area contributed by atoms with Crippen molar-refractivity contribution in [2.24, 2.45) is 4.99 Å². The summed E-state index contributed by atoms with van der Waals surface area (Å²) in [5.74, 6) is 0.642. The highest BCUT2D eigenvalue weighted by atomic mass is 19.1. The Balaban J connectivity index is 1.34. The molecule has 0 radical (unpaired) electrons. The summed E-state index contributed by atoms with van der Waals surface area (Å²) in [7, 11) is 0. The predicted octanol–water partition coefficient (Wildman–Crippen LogP) is 2.06. The Labute approximate surface area is 188 Å². The van der Waals surface area contributed by atoms with E-state index in [-0.39, 0.29) is 11.9 Å². The molecule has 2 aromatic rings. The van der Waals surface area contributed by atoms with Gasteiger partial charge in [-0.2, -0.15) is 0 Å². The lowest BCUT2D eigenvalue weighted by molar-refractivity contribution is 0.145. The Kier molecular flexibility index (Phi) is 7.59. The molecular weight excluding hydrogens is 411 g/mol. The Morgan fingerprint density at radius 2 is 1.97 bits per heavy atom. The zero-order chi connectivity index (χ0) is 22.3. The Hall–Kier alpha value is -2.65. The molecule has 4 rings (SSSR count). The van der Waals surface area contributed by atoms with Crippen LogP contribution in [0.4, 0.5) is 10.1 Å². The van der Waals surface area contributed by atoms with Gasteiger partial charge in [0, 0.05) is 58.4 Å². The normalized spacial score (nSPS) is 18.9. The summed E-state index contributed by atoms with van der Waals surface area (Å²) in [5.41, 5.74) is 2.41. The third-order valence-corrected chi connectivity index (χ3v) is 6.11. The molecule has 2 saturated heterocycles. The Morgan fingerprint density at radius 3 is 2.62 bits per heavy atom. The van der Waals surface area contributed by atoms with E-state index >= 15 is 0 Å². The Morgan fingerprint density at radius 1 is 1.19 bits per heavy atom. The van der Waals surface area contributed by atoms with E-state index in [1.54, 1.807) is 12.3 Å². The quantitative estimate of drug-likeness (QED) is 0.521. The molecule has 0 atom stereocenters. The summed E-state index contributed by atoms with van der Waals surface area (Å²) < 4.78 is 19.7. The van der Waals surface area contributed by atoms with Crippen LogP contribution in [0.25, 0.3) is 0 Å². The molecule has 174 valence electrons. The molecule has 0 amide bonds. The number of piperidine rings is 1. The average molecular weight is 445 g/mol. The second kappa shape index (κ2) is 10.8. The molecule has 2 aliphatic heterocycles. The first-order valence-corrected chi connectivity index (χ1v) is 11.5. The molecule has 8 nitrogen and oxygen atoms in total. The fourth-order valence-electron chi connectivity index (χ4n) is 4.27. The number of hydrogen-bond acceptors (Lipinski definition) is 6. The van der Waals surface area contributed by atoms with Gasteiger partial charge in [0.2, 0.25) is 0 Å². The highest BCUT2D eigenvalue weighted by Gasteiger charge is 2.21. The van der Waals surface area contributed by atoms with Gasteiger partial charge in [-0.3, -0.25) is 4.90 Å². The maximum Gasteiger partial charge on any atom is 0.194 e. The van der Waals surface area contributed by atoms with E-state index in [1.807, 2.05) is 23.1 Å². The molecule has 0 spiro atoms. The van der Waals surface area contributed by atoms with Crippen LogP contribution >= 0.6 is 0 Å². The fraction of sp³-hybridized carbons (Fsp3) is 0.565. The van der Waals surface area contributed by atoms with Crippen molar-refractivity contribution in [3.05, 3.63) is 47.6 Å². The molecule has 2 aliphatic rings. The van der Waals surface area contributed by atoms with Gasteiger partial charge >= 0.3 is 0 Å². The number of piperazine rings is 1. The second-order valence-corrected chi connectivity index (χ2v) is 8.43. The molecule has 9 heteroatoms. The van der Waals surface area contributed by atoms with Crippen LogP contribution in [0, 0.1) is 5.82 Å². The summed E-state index contributed by atoms with van der Waals surface area (Å²) in [6, 6.07) is 7.28. The number of hydrogen-bond donors (Lipinski definition) is 2. The topological polar surface area (TPSA) is 80.4 Å². The van der Waals surface area contributed by atoms with Gasteiger partial charge in [0.05, 0.1) is 24.0 Å². The van der Waals surface area contributed by atoms with Crippen LogP contribution < -0.4 is 10.2 Å². The van der Waals surface area contributed by atoms with Crippen molar-refractivity contribution in [3.8, 4) is 0 Å². The highest BCUT2D eigenvalue weighted by molar-refractivity contribution is 5.80. The number of anilines is 1. The predicted molar refractivity (Wildman–Crippen MR) is 122 cm³/mol. The van der Waals surface area contributed by atoms with Gasteiger partial charge in [-0.05, 0) is 37.5 Å². The summed E-state index contributed by atoms with van der Waals surface area (Å²) in [6.45, 7) is 9.01. The molecular formula is C23H33FN6O2. The highest BCUT2D eigenvalue weighted by Crippen LogP contribution is 2.24. The first-order valence-electron chi connectivity index (χ1n) is 11.5. The van der Waals surface area contributed by atoms with Gasteiger partial charge in [0.15, 0.2) is 5.96 Å². The van der Waals surface area contributed by atoms with Crippen LogP contribution in [-0.4, -0.2) is 77.9 Å². The minimum Gasteiger partial charge on any atom is -0.393 e. The smallest absolute Gasteiger partial charge is 0.194 e. The number of benzene rings is 1. The third kappa shape index (κ3) is 5.77. The van der Waals surface area contributed by atoms with Crippen LogP contribution in [0.2, 0.25) is 0 Å². The molecule has 2 fully saturated rings. The van der Waals surface area contributed by atoms with Gasteiger partial charge in [0.1, 0.15) is 12.1 Å². The van der Waals surface area contributed by atoms with Gasteiger partial charge in [-0.25, -0.2) is 9.38 Å². The number of aliphatic hydroxyl groups is 1. The van der Waals surface area contributed by atoms with Crippen molar-refractivity contribution in [1.29, 1.82) is 0 Å². The third-order valence-electron chi connectivity index (χ3n) is 6.11. The largest absolute Gasteiger partial charge is 0.393 e. The van der Waals surface area contributed by atoms with Crippen molar-refractivity contribution < 1.29 is 14.0 Å². The summed E-state index contributed by atoms with van der Waals surface area (Å²) in [4.78, 5) is 11.4. The first kappa shape index (κ1) is 22.5. The van der Waals surface area contributed by atoms with E-state index in [4.69, 9.17) is 9.52 Å². The zero-order valence-corrected chi connectivity index (χ0v) is 18.7. The molecule has 32 heavy (non-hydrogen) atoms. The maximum atomic E-state index is 14.8. The Bertz CT molecular complexity index is 875. The fourth-order valence-corrected chi connectivity index (χ4v) is 4.27. The molecule has 2 N–H and O–H groups in total. The number of nitrogens with zero attached hydrogens (tertiary/aromatic N) is 5. The molecule has 0 aliphatic carbocycles. The van der Waals surface area contributed by atoms with E-state index in [9.17, 15) is 9.50 Å². The minimum absolute atomic E-state index is 0.222. The van der Waals surface area contributed by atoms with E-state index in [0.29, 0.717) is 38.2 Å². The van der Waals surface area contributed by atoms with Crippen LogP contribution in [-0.2, 0) is 13.1 Å². The molecule has 1 aromatic carbocycles. The lowest BCUT2D eigenvalue weighted by Crippen LogP contribution is -2.52. The monoisotopic (exact) mass is 444 g/mol. The lowest BCUT2D eigenvalue weighted by atomic mass is 10.1. The van der Waals surface area contributed by atoms with Gasteiger partial charge < -0.3 is 24.7 Å². The number of guanidine groups is 1. The zero-order valence-electron chi connectivity index (χ0n) is 18.7. The SMILES string of the molecule is CCNC(=NCc1ccc(N2CCC(O)CC2)c(F)c1)N1CCN(Cc2ccon2)CC1. The van der Waals surface area contributed by atoms with E-state index < -0.39 is 0 Å². The van der Waals surface area contributed by atoms with Crippen LogP contribution in [0.3, 0.4) is 0 Å². The number of aliphatic hydroxyl groups excluding tert-OH is 1. The van der Waals surface area contributed by atoms with Crippen LogP contribution in [0.5, 0.6) is 0 Å². The molecule has 0 bridgehead atoms. The van der Waals surface area contributed by atoms with E-state index in [1.165, 1.54) is 0 Å². The molecule has 0 unspecified atom stereocenters. The number of rotatable bonds is 6. The van der Waals surface area contributed by atoms with Crippen molar-refractivity contribution >= 4 is 11.6 Å². The first-order chi connectivity index (χ1) is 15.6. The van der Waals surface area contributed by atoms with Crippen molar-refractivity contribution in [2.75, 3.05) is 50.7 Å². The average Bonchev–Trinajstić information content (AvgIpc) is 3.31. The molecule has 1 aromatic heterocycles. The van der Waals surface area contributed by atoms with Crippen molar-refractivity contribution in [1.82, 2.24) is 20.3 Å². The van der Waals surface area contributed by atoms with Crippen LogP contribution in [0.15, 0.2) is 40.0 Å². The maximum absolute atomic E-state index is 14.8. The van der Waals surface area contributed by atoms with Gasteiger partial charge in [-0.15, -0.1) is 0 Å².